The molecule has 0 radical (unpaired) electrons. The van der Waals surface area contributed by atoms with E-state index in [1.807, 2.05) is 13.8 Å². The van der Waals surface area contributed by atoms with Crippen LogP contribution in [0, 0.1) is 13.8 Å². The minimum Gasteiger partial charge on any atom is -0.449 e. The molecular formula is C21H22N4O5S. The van der Waals surface area contributed by atoms with Crippen molar-refractivity contribution in [3.8, 4) is 11.4 Å². The van der Waals surface area contributed by atoms with Gasteiger partial charge in [-0.25, -0.2) is 23.3 Å². The highest BCUT2D eigenvalue weighted by Gasteiger charge is 2.19. The van der Waals surface area contributed by atoms with Crippen LogP contribution >= 0.6 is 0 Å². The van der Waals surface area contributed by atoms with Gasteiger partial charge in [0.05, 0.1) is 16.2 Å². The Bertz CT molecular complexity index is 1200. The molecule has 0 spiro atoms. The Hall–Kier alpha value is -3.50. The number of aromatic amines is 1. The number of carbonyl (C=O) groups excluding carboxylic acids is 2. The van der Waals surface area contributed by atoms with Gasteiger partial charge in [-0.15, -0.1) is 0 Å². The van der Waals surface area contributed by atoms with E-state index in [9.17, 15) is 18.0 Å². The number of benzene rings is 2. The molecule has 4 N–H and O–H groups in total. The monoisotopic (exact) mass is 442 g/mol. The molecule has 3 rings (SSSR count). The number of aromatic nitrogens is 2. The lowest BCUT2D eigenvalue weighted by Gasteiger charge is -2.14. The lowest BCUT2D eigenvalue weighted by molar-refractivity contribution is -0.123. The predicted octanol–water partition coefficient (Wildman–Crippen LogP) is 2.52. The first kappa shape index (κ1) is 22.2. The maximum atomic E-state index is 12.4. The largest absolute Gasteiger partial charge is 0.449 e. The van der Waals surface area contributed by atoms with Crippen molar-refractivity contribution in [3.63, 3.8) is 0 Å². The van der Waals surface area contributed by atoms with Crippen molar-refractivity contribution in [1.29, 1.82) is 0 Å². The van der Waals surface area contributed by atoms with Crippen LogP contribution in [0.4, 0.5) is 5.69 Å². The number of nitrogens with one attached hydrogen (secondary N) is 2. The van der Waals surface area contributed by atoms with E-state index >= 15 is 0 Å². The number of ether oxygens (including phenoxy) is 1. The average molecular weight is 442 g/mol. The lowest BCUT2D eigenvalue weighted by Crippen LogP contribution is -2.30. The maximum absolute atomic E-state index is 12.4. The standard InChI is InChI=1S/C21H22N4O5S/c1-12-13(2)24-19(23-12)15-4-6-16(7-5-15)21(27)30-14(3)20(26)25-17-8-10-18(11-9-17)31(22,28)29/h4-11,14H,1-3H3,(H,23,24)(H,25,26)(H2,22,28,29). The van der Waals surface area contributed by atoms with Crippen LogP contribution in [-0.2, 0) is 19.6 Å². The van der Waals surface area contributed by atoms with Gasteiger partial charge in [-0.05, 0) is 57.2 Å². The number of sulfonamides is 1. The molecule has 31 heavy (non-hydrogen) atoms. The van der Waals surface area contributed by atoms with Gasteiger partial charge in [0.2, 0.25) is 10.0 Å². The van der Waals surface area contributed by atoms with Crippen molar-refractivity contribution >= 4 is 27.6 Å². The normalized spacial score (nSPS) is 12.3. The second-order valence-corrected chi connectivity index (χ2v) is 8.54. The first-order valence-electron chi connectivity index (χ1n) is 9.33. The van der Waals surface area contributed by atoms with Crippen molar-refractivity contribution < 1.29 is 22.7 Å². The summed E-state index contributed by atoms with van der Waals surface area (Å²) in [6.45, 7) is 5.27. The number of H-pyrrole nitrogens is 1. The van der Waals surface area contributed by atoms with Crippen molar-refractivity contribution in [2.75, 3.05) is 5.32 Å². The summed E-state index contributed by atoms with van der Waals surface area (Å²) < 4.78 is 27.8. The fourth-order valence-corrected chi connectivity index (χ4v) is 3.22. The minimum atomic E-state index is -3.82. The number of hydrogen-bond donors (Lipinski definition) is 3. The Morgan fingerprint density at radius 3 is 2.19 bits per heavy atom. The summed E-state index contributed by atoms with van der Waals surface area (Å²) in [7, 11) is -3.82. The summed E-state index contributed by atoms with van der Waals surface area (Å²) in [5, 5.41) is 7.59. The third-order valence-corrected chi connectivity index (χ3v) is 5.55. The Balaban J connectivity index is 1.61. The molecule has 0 aliphatic heterocycles. The Morgan fingerprint density at radius 2 is 1.68 bits per heavy atom. The minimum absolute atomic E-state index is 0.0757. The number of nitrogens with two attached hydrogens (primary N) is 1. The molecule has 9 nitrogen and oxygen atoms in total. The first-order valence-corrected chi connectivity index (χ1v) is 10.9. The van der Waals surface area contributed by atoms with E-state index in [0.29, 0.717) is 17.1 Å². The molecular weight excluding hydrogens is 420 g/mol. The Morgan fingerprint density at radius 1 is 1.06 bits per heavy atom. The summed E-state index contributed by atoms with van der Waals surface area (Å²) >= 11 is 0. The Labute approximate surface area is 179 Å². The van der Waals surface area contributed by atoms with Crippen LogP contribution in [0.25, 0.3) is 11.4 Å². The van der Waals surface area contributed by atoms with E-state index < -0.39 is 28.0 Å². The quantitative estimate of drug-likeness (QED) is 0.500. The van der Waals surface area contributed by atoms with Crippen LogP contribution in [0.1, 0.15) is 28.7 Å². The topological polar surface area (TPSA) is 144 Å². The molecule has 0 aliphatic carbocycles. The molecule has 0 bridgehead atoms. The molecule has 0 saturated carbocycles. The van der Waals surface area contributed by atoms with Crippen LogP contribution in [0.2, 0.25) is 0 Å². The molecule has 0 aliphatic rings. The number of anilines is 1. The summed E-state index contributed by atoms with van der Waals surface area (Å²) in [6, 6.07) is 12.0. The highest BCUT2D eigenvalue weighted by Crippen LogP contribution is 2.19. The van der Waals surface area contributed by atoms with E-state index in [1.54, 1.807) is 24.3 Å². The van der Waals surface area contributed by atoms with Gasteiger partial charge >= 0.3 is 5.97 Å². The van der Waals surface area contributed by atoms with Crippen LogP contribution < -0.4 is 10.5 Å². The Kier molecular flexibility index (Phi) is 6.23. The maximum Gasteiger partial charge on any atom is 0.338 e. The number of primary sulfonamides is 1. The number of hydrogen-bond acceptors (Lipinski definition) is 6. The SMILES string of the molecule is Cc1nc(-c2ccc(C(=O)OC(C)C(=O)Nc3ccc(S(N)(=O)=O)cc3)cc2)[nH]c1C. The molecule has 1 aromatic heterocycles. The predicted molar refractivity (Wildman–Crippen MR) is 115 cm³/mol. The fraction of sp³-hybridized carbons (Fsp3) is 0.190. The van der Waals surface area contributed by atoms with Gasteiger partial charge < -0.3 is 15.0 Å². The van der Waals surface area contributed by atoms with Gasteiger partial charge in [-0.1, -0.05) is 12.1 Å². The molecule has 1 amide bonds. The van der Waals surface area contributed by atoms with Crippen molar-refractivity contribution in [2.24, 2.45) is 5.14 Å². The molecule has 1 atom stereocenters. The number of rotatable bonds is 6. The molecule has 1 unspecified atom stereocenters. The lowest BCUT2D eigenvalue weighted by atomic mass is 10.1. The second-order valence-electron chi connectivity index (χ2n) is 6.98. The van der Waals surface area contributed by atoms with E-state index in [1.165, 1.54) is 31.2 Å². The van der Waals surface area contributed by atoms with Gasteiger partial charge in [-0.3, -0.25) is 4.79 Å². The summed E-state index contributed by atoms with van der Waals surface area (Å²) in [6.07, 6.45) is -1.07. The molecule has 0 fully saturated rings. The third-order valence-electron chi connectivity index (χ3n) is 4.63. The molecule has 3 aromatic rings. The summed E-state index contributed by atoms with van der Waals surface area (Å²) in [4.78, 5) is 32.2. The van der Waals surface area contributed by atoms with Gasteiger partial charge in [-0.2, -0.15) is 0 Å². The molecule has 0 saturated heterocycles. The number of nitrogens with zero attached hydrogens (tertiary/aromatic N) is 1. The first-order chi connectivity index (χ1) is 14.5. The third kappa shape index (κ3) is 5.36. The zero-order valence-corrected chi connectivity index (χ0v) is 18.0. The summed E-state index contributed by atoms with van der Waals surface area (Å²) in [5.74, 6) is -0.503. The van der Waals surface area contributed by atoms with Crippen LogP contribution in [0.3, 0.4) is 0 Å². The van der Waals surface area contributed by atoms with E-state index in [0.717, 1.165) is 17.0 Å². The van der Waals surface area contributed by atoms with Crippen molar-refractivity contribution in [3.05, 3.63) is 65.5 Å². The number of amides is 1. The van der Waals surface area contributed by atoms with Crippen LogP contribution in [0.5, 0.6) is 0 Å². The van der Waals surface area contributed by atoms with Crippen LogP contribution in [-0.4, -0.2) is 36.4 Å². The number of esters is 1. The fourth-order valence-electron chi connectivity index (χ4n) is 2.70. The highest BCUT2D eigenvalue weighted by atomic mass is 32.2. The smallest absolute Gasteiger partial charge is 0.338 e. The van der Waals surface area contributed by atoms with E-state index in [-0.39, 0.29) is 4.90 Å². The highest BCUT2D eigenvalue weighted by molar-refractivity contribution is 7.89. The van der Waals surface area contributed by atoms with E-state index in [4.69, 9.17) is 9.88 Å². The number of aryl methyl sites for hydroxylation is 2. The van der Waals surface area contributed by atoms with Gasteiger partial charge in [0.1, 0.15) is 5.82 Å². The zero-order valence-electron chi connectivity index (χ0n) is 17.2. The number of imidazole rings is 1. The van der Waals surface area contributed by atoms with E-state index in [2.05, 4.69) is 15.3 Å². The van der Waals surface area contributed by atoms with Gasteiger partial charge in [0.25, 0.3) is 5.91 Å². The second kappa shape index (κ2) is 8.70. The van der Waals surface area contributed by atoms with Crippen molar-refractivity contribution in [1.82, 2.24) is 9.97 Å². The molecule has 10 heteroatoms. The zero-order chi connectivity index (χ0) is 22.8. The summed E-state index contributed by atoms with van der Waals surface area (Å²) in [5.41, 5.74) is 3.33. The molecule has 162 valence electrons. The molecule has 2 aromatic carbocycles. The molecule has 1 heterocycles. The number of carbonyl (C=O) groups is 2. The average Bonchev–Trinajstić information content (AvgIpc) is 3.06. The van der Waals surface area contributed by atoms with Crippen LogP contribution in [0.15, 0.2) is 53.4 Å². The van der Waals surface area contributed by atoms with Crippen molar-refractivity contribution in [2.45, 2.75) is 31.8 Å². The van der Waals surface area contributed by atoms with Gasteiger partial charge in [0, 0.05) is 16.9 Å². The van der Waals surface area contributed by atoms with Gasteiger partial charge in [0.15, 0.2) is 6.10 Å².